The fourth-order valence-corrected chi connectivity index (χ4v) is 4.97. The van der Waals surface area contributed by atoms with Crippen molar-refractivity contribution in [3.63, 3.8) is 0 Å². The van der Waals surface area contributed by atoms with Crippen molar-refractivity contribution in [1.29, 1.82) is 0 Å². The number of carbonyl (C=O) groups excluding carboxylic acids is 1. The summed E-state index contributed by atoms with van der Waals surface area (Å²) in [5.41, 5.74) is 7.25. The van der Waals surface area contributed by atoms with Crippen LogP contribution < -0.4 is 9.64 Å². The van der Waals surface area contributed by atoms with Gasteiger partial charge in [-0.2, -0.15) is 0 Å². The number of ether oxygens (including phenoxy) is 1. The fraction of sp³-hybridized carbons (Fsp3) is 0.233. The lowest BCUT2D eigenvalue weighted by Gasteiger charge is -2.36. The first kappa shape index (κ1) is 22.8. The molecule has 0 bridgehead atoms. The molecule has 1 aliphatic heterocycles. The van der Waals surface area contributed by atoms with E-state index in [0.29, 0.717) is 13.1 Å². The zero-order chi connectivity index (χ0) is 24.4. The summed E-state index contributed by atoms with van der Waals surface area (Å²) in [6.45, 7) is 7.25. The SMILES string of the molecule is COc1cccc(-n2c(-c3ccccc3)cc(C(=O)N3CCN(c4ccccc4C)CC3)c2C)c1. The summed E-state index contributed by atoms with van der Waals surface area (Å²) in [6, 6.07) is 28.7. The minimum atomic E-state index is 0.0887. The molecule has 3 aromatic carbocycles. The highest BCUT2D eigenvalue weighted by Gasteiger charge is 2.27. The number of aromatic nitrogens is 1. The normalized spacial score (nSPS) is 13.7. The van der Waals surface area contributed by atoms with Crippen LogP contribution in [-0.4, -0.2) is 48.7 Å². The molecule has 1 aliphatic rings. The lowest BCUT2D eigenvalue weighted by atomic mass is 10.1. The minimum Gasteiger partial charge on any atom is -0.497 e. The van der Waals surface area contributed by atoms with Crippen molar-refractivity contribution in [1.82, 2.24) is 9.47 Å². The smallest absolute Gasteiger partial charge is 0.255 e. The van der Waals surface area contributed by atoms with Gasteiger partial charge >= 0.3 is 0 Å². The zero-order valence-corrected chi connectivity index (χ0v) is 20.6. The van der Waals surface area contributed by atoms with Crippen LogP contribution in [0.4, 0.5) is 5.69 Å². The summed E-state index contributed by atoms with van der Waals surface area (Å²) in [4.78, 5) is 18.1. The predicted molar refractivity (Wildman–Crippen MR) is 142 cm³/mol. The lowest BCUT2D eigenvalue weighted by molar-refractivity contribution is 0.0746. The molecule has 0 saturated carbocycles. The summed E-state index contributed by atoms with van der Waals surface area (Å²) < 4.78 is 7.63. The second-order valence-electron chi connectivity index (χ2n) is 9.00. The van der Waals surface area contributed by atoms with Gasteiger partial charge in [-0.1, -0.05) is 54.6 Å². The van der Waals surface area contributed by atoms with E-state index < -0.39 is 0 Å². The van der Waals surface area contributed by atoms with Gasteiger partial charge in [-0.15, -0.1) is 0 Å². The van der Waals surface area contributed by atoms with Gasteiger partial charge in [0.05, 0.1) is 18.4 Å². The van der Waals surface area contributed by atoms with Crippen LogP contribution in [0, 0.1) is 13.8 Å². The Kier molecular flexibility index (Phi) is 6.32. The average molecular weight is 466 g/mol. The molecule has 35 heavy (non-hydrogen) atoms. The molecule has 0 radical (unpaired) electrons. The topological polar surface area (TPSA) is 37.7 Å². The molecule has 1 fully saturated rings. The molecule has 1 amide bonds. The van der Waals surface area contributed by atoms with Gasteiger partial charge in [0, 0.05) is 49.3 Å². The highest BCUT2D eigenvalue weighted by Crippen LogP contribution is 2.32. The van der Waals surface area contributed by atoms with Crippen molar-refractivity contribution in [2.45, 2.75) is 13.8 Å². The van der Waals surface area contributed by atoms with Crippen molar-refractivity contribution in [3.8, 4) is 22.7 Å². The molecule has 1 aromatic heterocycles. The third-order valence-corrected chi connectivity index (χ3v) is 6.88. The van der Waals surface area contributed by atoms with Gasteiger partial charge in [0.2, 0.25) is 0 Å². The summed E-state index contributed by atoms with van der Waals surface area (Å²) in [7, 11) is 1.67. The van der Waals surface area contributed by atoms with Crippen LogP contribution in [0.3, 0.4) is 0 Å². The van der Waals surface area contributed by atoms with Crippen LogP contribution in [0.15, 0.2) is 84.9 Å². The zero-order valence-electron chi connectivity index (χ0n) is 20.6. The number of benzene rings is 3. The van der Waals surface area contributed by atoms with Crippen molar-refractivity contribution < 1.29 is 9.53 Å². The molecular weight excluding hydrogens is 434 g/mol. The van der Waals surface area contributed by atoms with E-state index in [1.807, 2.05) is 54.3 Å². The van der Waals surface area contributed by atoms with Gasteiger partial charge in [-0.3, -0.25) is 4.79 Å². The maximum absolute atomic E-state index is 13.8. The quantitative estimate of drug-likeness (QED) is 0.378. The molecule has 0 aliphatic carbocycles. The number of methoxy groups -OCH3 is 1. The Morgan fingerprint density at radius 2 is 1.51 bits per heavy atom. The largest absolute Gasteiger partial charge is 0.497 e. The molecule has 0 N–H and O–H groups in total. The van der Waals surface area contributed by atoms with Crippen LogP contribution in [-0.2, 0) is 0 Å². The first-order chi connectivity index (χ1) is 17.1. The minimum absolute atomic E-state index is 0.0887. The van der Waals surface area contributed by atoms with E-state index in [1.165, 1.54) is 11.3 Å². The second kappa shape index (κ2) is 9.71. The number of piperazine rings is 1. The molecule has 5 heteroatoms. The number of amides is 1. The Labute approximate surface area is 207 Å². The third kappa shape index (κ3) is 4.42. The van der Waals surface area contributed by atoms with Gasteiger partial charge in [0.25, 0.3) is 5.91 Å². The van der Waals surface area contributed by atoms with Crippen molar-refractivity contribution in [2.24, 2.45) is 0 Å². The van der Waals surface area contributed by atoms with E-state index in [1.54, 1.807) is 7.11 Å². The number of para-hydroxylation sites is 1. The monoisotopic (exact) mass is 465 g/mol. The summed E-state index contributed by atoms with van der Waals surface area (Å²) >= 11 is 0. The molecule has 0 atom stereocenters. The molecule has 178 valence electrons. The van der Waals surface area contributed by atoms with Crippen LogP contribution in [0.5, 0.6) is 5.75 Å². The molecule has 0 spiro atoms. The maximum atomic E-state index is 13.8. The Balaban J connectivity index is 1.47. The first-order valence-corrected chi connectivity index (χ1v) is 12.1. The van der Waals surface area contributed by atoms with Gasteiger partial charge in [0.1, 0.15) is 5.75 Å². The van der Waals surface area contributed by atoms with Crippen molar-refractivity contribution >= 4 is 11.6 Å². The van der Waals surface area contributed by atoms with E-state index in [4.69, 9.17) is 4.74 Å². The van der Waals surface area contributed by atoms with Crippen LogP contribution in [0.25, 0.3) is 16.9 Å². The molecule has 5 rings (SSSR count). The predicted octanol–water partition coefficient (Wildman–Crippen LogP) is 5.73. The van der Waals surface area contributed by atoms with Crippen LogP contribution in [0.1, 0.15) is 21.6 Å². The first-order valence-electron chi connectivity index (χ1n) is 12.1. The Morgan fingerprint density at radius 1 is 0.800 bits per heavy atom. The Bertz CT molecular complexity index is 1330. The van der Waals surface area contributed by atoms with Crippen LogP contribution in [0.2, 0.25) is 0 Å². The average Bonchev–Trinajstić information content (AvgIpc) is 3.26. The number of carbonyl (C=O) groups is 1. The van der Waals surface area contributed by atoms with E-state index >= 15 is 0 Å². The number of nitrogens with zero attached hydrogens (tertiary/aromatic N) is 3. The van der Waals surface area contributed by atoms with E-state index in [0.717, 1.165) is 47.0 Å². The van der Waals surface area contributed by atoms with Gasteiger partial charge in [-0.25, -0.2) is 0 Å². The molecule has 4 aromatic rings. The number of anilines is 1. The highest BCUT2D eigenvalue weighted by molar-refractivity contribution is 5.97. The molecule has 0 unspecified atom stereocenters. The molecule has 2 heterocycles. The van der Waals surface area contributed by atoms with Gasteiger partial charge < -0.3 is 19.1 Å². The fourth-order valence-electron chi connectivity index (χ4n) is 4.97. The third-order valence-electron chi connectivity index (χ3n) is 6.88. The Hall–Kier alpha value is -3.99. The maximum Gasteiger partial charge on any atom is 0.255 e. The van der Waals surface area contributed by atoms with Crippen molar-refractivity contribution in [2.75, 3.05) is 38.2 Å². The summed E-state index contributed by atoms with van der Waals surface area (Å²) in [5.74, 6) is 0.876. The Morgan fingerprint density at radius 3 is 2.23 bits per heavy atom. The molecule has 5 nitrogen and oxygen atoms in total. The number of aryl methyl sites for hydroxylation is 1. The molecular formula is C30H31N3O2. The summed E-state index contributed by atoms with van der Waals surface area (Å²) in [5, 5.41) is 0. The number of hydrogen-bond donors (Lipinski definition) is 0. The van der Waals surface area contributed by atoms with E-state index in [9.17, 15) is 4.79 Å². The van der Waals surface area contributed by atoms with Crippen LogP contribution >= 0.6 is 0 Å². The highest BCUT2D eigenvalue weighted by atomic mass is 16.5. The van der Waals surface area contributed by atoms with Crippen molar-refractivity contribution in [3.05, 3.63) is 102 Å². The second-order valence-corrected chi connectivity index (χ2v) is 9.00. The van der Waals surface area contributed by atoms with E-state index in [-0.39, 0.29) is 5.91 Å². The van der Waals surface area contributed by atoms with Gasteiger partial charge in [-0.05, 0) is 49.2 Å². The van der Waals surface area contributed by atoms with Gasteiger partial charge in [0.15, 0.2) is 0 Å². The standard InChI is InChI=1S/C30H31N3O2/c1-22-10-7-8-15-28(22)31-16-18-32(19-17-31)30(34)27-21-29(24-11-5-4-6-12-24)33(23(27)2)25-13-9-14-26(20-25)35-3/h4-15,20-21H,16-19H2,1-3H3. The molecule has 1 saturated heterocycles. The number of rotatable bonds is 5. The van der Waals surface area contributed by atoms with E-state index in [2.05, 4.69) is 58.9 Å². The summed E-state index contributed by atoms with van der Waals surface area (Å²) in [6.07, 6.45) is 0. The number of hydrogen-bond acceptors (Lipinski definition) is 3. The lowest BCUT2D eigenvalue weighted by Crippen LogP contribution is -2.49.